The normalized spacial score (nSPS) is 11.8. The van der Waals surface area contributed by atoms with Gasteiger partial charge in [-0.15, -0.1) is 0 Å². The number of nitrogens with zero attached hydrogens (tertiary/aromatic N) is 1. The summed E-state index contributed by atoms with van der Waals surface area (Å²) in [5.41, 5.74) is 5.01. The number of fused-ring (bicyclic) bond motifs is 6. The average Bonchev–Trinajstić information content (AvgIpc) is 3.29. The van der Waals surface area contributed by atoms with Gasteiger partial charge in [0.2, 0.25) is 0 Å². The molecule has 2 N–H and O–H groups in total. The topological polar surface area (TPSA) is 58.5 Å². The summed E-state index contributed by atoms with van der Waals surface area (Å²) in [5, 5.41) is 24.5. The van der Waals surface area contributed by atoms with Gasteiger partial charge >= 0.3 is 7.25 Å². The molecule has 0 aliphatic heterocycles. The van der Waals surface area contributed by atoms with Crippen LogP contribution in [0.5, 0.6) is 0 Å². The Morgan fingerprint density at radius 1 is 0.621 bits per heavy atom. The summed E-state index contributed by atoms with van der Waals surface area (Å²) in [6.45, 7) is 0. The standard InChI is InChI=1S/C24H16BNO3/c27-25(28)26-21-13-3-1-7-15(21)17-9-5-10-18(23(17)26)20-12-6-11-19-16-8-2-4-14-22(16)29-24(19)20/h1-14,27-28H. The predicted molar refractivity (Wildman–Crippen MR) is 118 cm³/mol. The van der Waals surface area contributed by atoms with Gasteiger partial charge in [-0.1, -0.05) is 72.8 Å². The number of hydrogen-bond donors (Lipinski definition) is 2. The number of aromatic nitrogens is 1. The van der Waals surface area contributed by atoms with Crippen LogP contribution in [-0.4, -0.2) is 21.8 Å². The first kappa shape index (κ1) is 16.4. The maximum Gasteiger partial charge on any atom is 0.592 e. The number of rotatable bonds is 2. The molecule has 6 rings (SSSR count). The molecule has 0 saturated heterocycles. The number of benzene rings is 4. The highest BCUT2D eigenvalue weighted by atomic mass is 16.4. The molecule has 0 spiro atoms. The fraction of sp³-hybridized carbons (Fsp3) is 0. The lowest BCUT2D eigenvalue weighted by molar-refractivity contribution is 0.396. The van der Waals surface area contributed by atoms with Crippen LogP contribution in [0.25, 0.3) is 54.9 Å². The van der Waals surface area contributed by atoms with Crippen LogP contribution in [0.4, 0.5) is 0 Å². The Labute approximate surface area is 166 Å². The molecule has 5 heteroatoms. The Bertz CT molecular complexity index is 1540. The van der Waals surface area contributed by atoms with E-state index in [2.05, 4.69) is 12.1 Å². The van der Waals surface area contributed by atoms with Crippen LogP contribution in [-0.2, 0) is 0 Å². The van der Waals surface area contributed by atoms with E-state index in [1.54, 1.807) is 4.48 Å². The van der Waals surface area contributed by atoms with Crippen molar-refractivity contribution in [2.24, 2.45) is 0 Å². The minimum absolute atomic E-state index is 0.775. The second-order valence-corrected chi connectivity index (χ2v) is 7.22. The highest BCUT2D eigenvalue weighted by Gasteiger charge is 2.23. The lowest BCUT2D eigenvalue weighted by atomic mass is 9.98. The third kappa shape index (κ3) is 2.23. The summed E-state index contributed by atoms with van der Waals surface area (Å²) in [6.07, 6.45) is 0. The summed E-state index contributed by atoms with van der Waals surface area (Å²) in [5.74, 6) is 0. The molecule has 4 nitrogen and oxygen atoms in total. The third-order valence-corrected chi connectivity index (χ3v) is 5.66. The van der Waals surface area contributed by atoms with Gasteiger partial charge in [0.1, 0.15) is 11.2 Å². The van der Waals surface area contributed by atoms with Gasteiger partial charge in [0.25, 0.3) is 0 Å². The molecule has 29 heavy (non-hydrogen) atoms. The van der Waals surface area contributed by atoms with Crippen molar-refractivity contribution in [3.05, 3.63) is 84.9 Å². The first-order valence-corrected chi connectivity index (χ1v) is 9.52. The highest BCUT2D eigenvalue weighted by Crippen LogP contribution is 2.40. The second-order valence-electron chi connectivity index (χ2n) is 7.22. The van der Waals surface area contributed by atoms with E-state index in [9.17, 15) is 10.0 Å². The van der Waals surface area contributed by atoms with Gasteiger partial charge in [-0.2, -0.15) is 0 Å². The molecule has 0 aliphatic rings. The Balaban J connectivity index is 1.80. The van der Waals surface area contributed by atoms with Gasteiger partial charge in [-0.25, -0.2) is 0 Å². The van der Waals surface area contributed by atoms with E-state index in [-0.39, 0.29) is 0 Å². The van der Waals surface area contributed by atoms with Gasteiger partial charge in [-0.05, 0) is 12.1 Å². The van der Waals surface area contributed by atoms with Crippen molar-refractivity contribution < 1.29 is 14.5 Å². The first-order valence-electron chi connectivity index (χ1n) is 9.52. The molecule has 4 aromatic carbocycles. The number of furan rings is 1. The van der Waals surface area contributed by atoms with Crippen molar-refractivity contribution in [3.8, 4) is 11.1 Å². The molecule has 138 valence electrons. The quantitative estimate of drug-likeness (QED) is 0.409. The lowest BCUT2D eigenvalue weighted by Gasteiger charge is -2.10. The van der Waals surface area contributed by atoms with Crippen molar-refractivity contribution in [2.45, 2.75) is 0 Å². The zero-order chi connectivity index (χ0) is 19.5. The summed E-state index contributed by atoms with van der Waals surface area (Å²) in [7, 11) is -1.64. The molecule has 6 aromatic rings. The van der Waals surface area contributed by atoms with Gasteiger partial charge in [0.15, 0.2) is 0 Å². The molecule has 0 saturated carbocycles. The molecular weight excluding hydrogens is 361 g/mol. The molecule has 2 aromatic heterocycles. The van der Waals surface area contributed by atoms with Crippen LogP contribution in [0.2, 0.25) is 0 Å². The Morgan fingerprint density at radius 2 is 1.28 bits per heavy atom. The van der Waals surface area contributed by atoms with Crippen LogP contribution in [0.1, 0.15) is 0 Å². The lowest BCUT2D eigenvalue weighted by Crippen LogP contribution is -2.23. The average molecular weight is 377 g/mol. The maximum atomic E-state index is 10.2. The van der Waals surface area contributed by atoms with Crippen LogP contribution >= 0.6 is 0 Å². The van der Waals surface area contributed by atoms with E-state index >= 15 is 0 Å². The molecule has 0 bridgehead atoms. The van der Waals surface area contributed by atoms with Crippen molar-refractivity contribution in [3.63, 3.8) is 0 Å². The van der Waals surface area contributed by atoms with Crippen LogP contribution in [0.3, 0.4) is 0 Å². The third-order valence-electron chi connectivity index (χ3n) is 5.66. The maximum absolute atomic E-state index is 10.2. The smallest absolute Gasteiger partial charge is 0.455 e. The van der Waals surface area contributed by atoms with Crippen molar-refractivity contribution in [2.75, 3.05) is 0 Å². The van der Waals surface area contributed by atoms with E-state index in [0.717, 1.165) is 54.9 Å². The molecule has 0 unspecified atom stereocenters. The van der Waals surface area contributed by atoms with Crippen molar-refractivity contribution in [1.82, 2.24) is 4.48 Å². The molecule has 2 heterocycles. The zero-order valence-electron chi connectivity index (χ0n) is 15.4. The minimum Gasteiger partial charge on any atom is -0.455 e. The Hall–Kier alpha value is -3.54. The summed E-state index contributed by atoms with van der Waals surface area (Å²) < 4.78 is 7.80. The predicted octanol–water partition coefficient (Wildman–Crippen LogP) is 5.18. The Morgan fingerprint density at radius 3 is 2.10 bits per heavy atom. The molecule has 0 amide bonds. The largest absolute Gasteiger partial charge is 0.592 e. The SMILES string of the molecule is OB(O)n1c2ccccc2c2cccc(-c3cccc4c3oc3ccccc34)c21. The molecule has 0 radical (unpaired) electrons. The van der Waals surface area contributed by atoms with Crippen molar-refractivity contribution >= 4 is 51.0 Å². The summed E-state index contributed by atoms with van der Waals surface area (Å²) >= 11 is 0. The molecule has 0 fully saturated rings. The van der Waals surface area contributed by atoms with E-state index in [1.165, 1.54) is 0 Å². The van der Waals surface area contributed by atoms with E-state index in [0.29, 0.717) is 0 Å². The molecule has 0 atom stereocenters. The van der Waals surface area contributed by atoms with Crippen LogP contribution in [0.15, 0.2) is 89.3 Å². The van der Waals surface area contributed by atoms with Gasteiger partial charge in [-0.3, -0.25) is 0 Å². The summed E-state index contributed by atoms with van der Waals surface area (Å²) in [6, 6.07) is 27.9. The van der Waals surface area contributed by atoms with Gasteiger partial charge in [0.05, 0.1) is 0 Å². The van der Waals surface area contributed by atoms with Gasteiger partial charge < -0.3 is 18.9 Å². The van der Waals surface area contributed by atoms with E-state index in [4.69, 9.17) is 4.42 Å². The summed E-state index contributed by atoms with van der Waals surface area (Å²) in [4.78, 5) is 0. The molecule has 0 aliphatic carbocycles. The second kappa shape index (κ2) is 5.98. The zero-order valence-corrected chi connectivity index (χ0v) is 15.4. The number of hydrogen-bond acceptors (Lipinski definition) is 3. The van der Waals surface area contributed by atoms with Crippen molar-refractivity contribution in [1.29, 1.82) is 0 Å². The number of para-hydroxylation sites is 4. The minimum atomic E-state index is -1.64. The fourth-order valence-electron chi connectivity index (χ4n) is 4.47. The van der Waals surface area contributed by atoms with Crippen LogP contribution in [0, 0.1) is 0 Å². The Kier molecular flexibility index (Phi) is 3.39. The van der Waals surface area contributed by atoms with Gasteiger partial charge in [0, 0.05) is 43.7 Å². The van der Waals surface area contributed by atoms with E-state index < -0.39 is 7.25 Å². The highest BCUT2D eigenvalue weighted by molar-refractivity contribution is 6.44. The fourth-order valence-corrected chi connectivity index (χ4v) is 4.47. The first-order chi connectivity index (χ1) is 14.2. The van der Waals surface area contributed by atoms with Crippen LogP contribution < -0.4 is 0 Å². The molecular formula is C24H16BNO3. The van der Waals surface area contributed by atoms with E-state index in [1.807, 2.05) is 72.8 Å². The monoisotopic (exact) mass is 377 g/mol.